The van der Waals surface area contributed by atoms with Crippen molar-refractivity contribution >= 4 is 29.4 Å². The minimum atomic E-state index is 0.294. The van der Waals surface area contributed by atoms with E-state index in [1.807, 2.05) is 26.1 Å². The maximum atomic E-state index is 11.6. The van der Waals surface area contributed by atoms with Crippen molar-refractivity contribution in [2.45, 2.75) is 38.6 Å². The molecule has 30 heavy (non-hydrogen) atoms. The third-order valence-electron chi connectivity index (χ3n) is 4.94. The number of hydrogen-bond donors (Lipinski definition) is 4. The largest absolute Gasteiger partial charge is 0.381 e. The van der Waals surface area contributed by atoms with Crippen LogP contribution in [0, 0.1) is 0 Å². The van der Waals surface area contributed by atoms with Crippen molar-refractivity contribution in [2.75, 3.05) is 49.3 Å². The molecule has 9 heteroatoms. The van der Waals surface area contributed by atoms with Crippen molar-refractivity contribution in [1.29, 1.82) is 0 Å². The maximum Gasteiger partial charge on any atom is 0.172 e. The molecule has 0 aromatic carbocycles. The molecule has 1 saturated heterocycles. The number of aromatic nitrogens is 3. The molecule has 0 spiro atoms. The highest BCUT2D eigenvalue weighted by molar-refractivity contribution is 5.82. The van der Waals surface area contributed by atoms with Gasteiger partial charge in [-0.05, 0) is 45.3 Å². The first-order valence-electron chi connectivity index (χ1n) is 10.6. The molecule has 1 fully saturated rings. The lowest BCUT2D eigenvalue weighted by atomic mass is 10.1. The van der Waals surface area contributed by atoms with Gasteiger partial charge in [-0.3, -0.25) is 4.79 Å². The molecule has 0 amide bonds. The number of pyridine rings is 1. The summed E-state index contributed by atoms with van der Waals surface area (Å²) in [7, 11) is 1.93. The Morgan fingerprint density at radius 3 is 2.77 bits per heavy atom. The van der Waals surface area contributed by atoms with Crippen LogP contribution in [-0.2, 0) is 11.2 Å². The molecule has 4 N–H and O–H groups in total. The van der Waals surface area contributed by atoms with E-state index < -0.39 is 0 Å². The lowest BCUT2D eigenvalue weighted by Gasteiger charge is -2.25. The molecule has 0 unspecified atom stereocenters. The van der Waals surface area contributed by atoms with E-state index >= 15 is 0 Å². The van der Waals surface area contributed by atoms with Crippen molar-refractivity contribution in [3.63, 3.8) is 0 Å². The number of rotatable bonds is 11. The van der Waals surface area contributed by atoms with E-state index in [-0.39, 0.29) is 0 Å². The van der Waals surface area contributed by atoms with Gasteiger partial charge in [0.15, 0.2) is 12.1 Å². The first-order valence-corrected chi connectivity index (χ1v) is 10.6. The third-order valence-corrected chi connectivity index (χ3v) is 4.94. The van der Waals surface area contributed by atoms with Gasteiger partial charge in [-0.25, -0.2) is 15.0 Å². The van der Waals surface area contributed by atoms with Crippen LogP contribution in [0.1, 0.15) is 42.4 Å². The second-order valence-corrected chi connectivity index (χ2v) is 7.19. The van der Waals surface area contributed by atoms with E-state index in [1.54, 1.807) is 6.20 Å². The minimum absolute atomic E-state index is 0.294. The van der Waals surface area contributed by atoms with Gasteiger partial charge in [-0.1, -0.05) is 6.92 Å². The molecule has 1 aliphatic rings. The summed E-state index contributed by atoms with van der Waals surface area (Å²) in [6, 6.07) is 4.03. The van der Waals surface area contributed by atoms with Crippen LogP contribution in [0.4, 0.5) is 23.1 Å². The Kier molecular flexibility index (Phi) is 8.34. The van der Waals surface area contributed by atoms with E-state index in [0.717, 1.165) is 74.9 Å². The van der Waals surface area contributed by atoms with Crippen molar-refractivity contribution in [1.82, 2.24) is 20.3 Å². The summed E-state index contributed by atoms with van der Waals surface area (Å²) in [5, 5.41) is 13.1. The SMILES string of the molecule is CCc1nc(C=O)c(Nc2ccnc(NCCCNC)c2)nc1NC1CCOCC1. The highest BCUT2D eigenvalue weighted by Crippen LogP contribution is 2.24. The van der Waals surface area contributed by atoms with Crippen molar-refractivity contribution in [3.8, 4) is 0 Å². The minimum Gasteiger partial charge on any atom is -0.381 e. The maximum absolute atomic E-state index is 11.6. The number of carbonyl (C=O) groups is 1. The summed E-state index contributed by atoms with van der Waals surface area (Å²) in [6.45, 7) is 5.25. The van der Waals surface area contributed by atoms with Crippen molar-refractivity contribution < 1.29 is 9.53 Å². The number of aryl methyl sites for hydroxylation is 1. The lowest BCUT2D eigenvalue weighted by Crippen LogP contribution is -2.29. The summed E-state index contributed by atoms with van der Waals surface area (Å²) in [5.74, 6) is 1.92. The van der Waals surface area contributed by atoms with E-state index in [1.165, 1.54) is 0 Å². The standard InChI is InChI=1S/C21H31N7O2/c1-3-17-20(25-15-6-11-30-12-7-15)28-21(18(14-29)27-17)26-16-5-10-24-19(13-16)23-9-4-8-22-2/h5,10,13-15,22H,3-4,6-9,11-12H2,1-2H3,(H3,23,24,25,26,28). The second kappa shape index (κ2) is 11.4. The normalized spacial score (nSPS) is 14.3. The number of anilines is 4. The van der Waals surface area contributed by atoms with Crippen LogP contribution in [0.5, 0.6) is 0 Å². The molecule has 2 aromatic heterocycles. The molecule has 3 rings (SSSR count). The molecule has 162 valence electrons. The Labute approximate surface area is 177 Å². The molecule has 1 aliphatic heterocycles. The summed E-state index contributed by atoms with van der Waals surface area (Å²) in [4.78, 5) is 25.2. The van der Waals surface area contributed by atoms with Crippen LogP contribution >= 0.6 is 0 Å². The molecule has 0 saturated carbocycles. The zero-order valence-electron chi connectivity index (χ0n) is 17.7. The lowest BCUT2D eigenvalue weighted by molar-refractivity contribution is 0.0903. The Morgan fingerprint density at radius 2 is 2.03 bits per heavy atom. The summed E-state index contributed by atoms with van der Waals surface area (Å²) in [5.41, 5.74) is 1.88. The molecule has 0 atom stereocenters. The predicted molar refractivity (Wildman–Crippen MR) is 119 cm³/mol. The zero-order valence-corrected chi connectivity index (χ0v) is 17.7. The summed E-state index contributed by atoms with van der Waals surface area (Å²) >= 11 is 0. The average molecular weight is 414 g/mol. The topological polar surface area (TPSA) is 113 Å². The van der Waals surface area contributed by atoms with E-state index in [4.69, 9.17) is 9.72 Å². The molecule has 3 heterocycles. The first kappa shape index (κ1) is 21.9. The van der Waals surface area contributed by atoms with Gasteiger partial charge < -0.3 is 26.0 Å². The Morgan fingerprint density at radius 1 is 1.20 bits per heavy atom. The second-order valence-electron chi connectivity index (χ2n) is 7.19. The number of aldehydes is 1. The molecular formula is C21H31N7O2. The number of ether oxygens (including phenoxy) is 1. The van der Waals surface area contributed by atoms with Crippen LogP contribution in [0.3, 0.4) is 0 Å². The first-order chi connectivity index (χ1) is 14.7. The molecular weight excluding hydrogens is 382 g/mol. The van der Waals surface area contributed by atoms with Gasteiger partial charge in [0.2, 0.25) is 0 Å². The fraction of sp³-hybridized carbons (Fsp3) is 0.524. The van der Waals surface area contributed by atoms with E-state index in [2.05, 4.69) is 31.2 Å². The summed E-state index contributed by atoms with van der Waals surface area (Å²) < 4.78 is 5.44. The van der Waals surface area contributed by atoms with Crippen molar-refractivity contribution in [3.05, 3.63) is 29.7 Å². The number of carbonyl (C=O) groups excluding carboxylic acids is 1. The van der Waals surface area contributed by atoms with Gasteiger partial charge in [0.1, 0.15) is 17.3 Å². The van der Waals surface area contributed by atoms with Gasteiger partial charge in [-0.15, -0.1) is 0 Å². The smallest absolute Gasteiger partial charge is 0.172 e. The fourth-order valence-electron chi connectivity index (χ4n) is 3.28. The molecule has 0 aliphatic carbocycles. The van der Waals surface area contributed by atoms with E-state index in [0.29, 0.717) is 24.0 Å². The van der Waals surface area contributed by atoms with Gasteiger partial charge in [0, 0.05) is 43.8 Å². The monoisotopic (exact) mass is 413 g/mol. The molecule has 9 nitrogen and oxygen atoms in total. The number of nitrogens with one attached hydrogen (secondary N) is 4. The van der Waals surface area contributed by atoms with Gasteiger partial charge >= 0.3 is 0 Å². The molecule has 0 bridgehead atoms. The average Bonchev–Trinajstić information content (AvgIpc) is 2.78. The Hall–Kier alpha value is -2.78. The van der Waals surface area contributed by atoms with Crippen LogP contribution in [0.2, 0.25) is 0 Å². The number of nitrogens with zero attached hydrogens (tertiary/aromatic N) is 3. The van der Waals surface area contributed by atoms with Crippen LogP contribution in [0.25, 0.3) is 0 Å². The number of hydrogen-bond acceptors (Lipinski definition) is 9. The van der Waals surface area contributed by atoms with Gasteiger partial charge in [0.25, 0.3) is 0 Å². The highest BCUT2D eigenvalue weighted by atomic mass is 16.5. The fourth-order valence-corrected chi connectivity index (χ4v) is 3.28. The predicted octanol–water partition coefficient (Wildman–Crippen LogP) is 2.60. The van der Waals surface area contributed by atoms with Gasteiger partial charge in [-0.2, -0.15) is 0 Å². The third kappa shape index (κ3) is 6.11. The summed E-state index contributed by atoms with van der Waals surface area (Å²) in [6.07, 6.45) is 6.00. The van der Waals surface area contributed by atoms with Crippen LogP contribution in [0.15, 0.2) is 18.3 Å². The Bertz CT molecular complexity index is 825. The zero-order chi connectivity index (χ0) is 21.2. The van der Waals surface area contributed by atoms with Gasteiger partial charge in [0.05, 0.1) is 5.69 Å². The van der Waals surface area contributed by atoms with E-state index in [9.17, 15) is 4.79 Å². The highest BCUT2D eigenvalue weighted by Gasteiger charge is 2.18. The molecule has 0 radical (unpaired) electrons. The Balaban J connectivity index is 1.77. The van der Waals surface area contributed by atoms with Crippen LogP contribution < -0.4 is 21.3 Å². The van der Waals surface area contributed by atoms with Crippen LogP contribution in [-0.4, -0.2) is 60.6 Å². The molecule has 2 aromatic rings. The quantitative estimate of drug-likeness (QED) is 0.326. The van der Waals surface area contributed by atoms with Crippen molar-refractivity contribution in [2.24, 2.45) is 0 Å².